The average Bonchev–Trinajstić information content (AvgIpc) is 3.38. The summed E-state index contributed by atoms with van der Waals surface area (Å²) in [5.41, 5.74) is 8.56. The number of pyridine rings is 1. The van der Waals surface area contributed by atoms with Gasteiger partial charge in [0.15, 0.2) is 6.61 Å². The first-order valence-corrected chi connectivity index (χ1v) is 11.7. The fourth-order valence-corrected chi connectivity index (χ4v) is 6.12. The Bertz CT molecular complexity index is 1310. The van der Waals surface area contributed by atoms with Gasteiger partial charge in [0.05, 0.1) is 17.1 Å². The lowest BCUT2D eigenvalue weighted by Crippen LogP contribution is -2.61. The fraction of sp³-hybridized carbons (Fsp3) is 0.333. The van der Waals surface area contributed by atoms with Gasteiger partial charge in [0, 0.05) is 11.1 Å². The van der Waals surface area contributed by atoms with E-state index in [-0.39, 0.29) is 10.8 Å². The van der Waals surface area contributed by atoms with Crippen molar-refractivity contribution in [3.63, 3.8) is 0 Å². The lowest BCUT2D eigenvalue weighted by molar-refractivity contribution is -0.129. The second-order valence-electron chi connectivity index (χ2n) is 8.62. The number of nitrogens with two attached hydrogens (primary N) is 1. The Labute approximate surface area is 194 Å². The molecule has 0 bridgehead atoms. The monoisotopic (exact) mass is 464 g/mol. The van der Waals surface area contributed by atoms with Gasteiger partial charge in [-0.2, -0.15) is 0 Å². The van der Waals surface area contributed by atoms with Crippen molar-refractivity contribution in [1.82, 2.24) is 4.98 Å². The van der Waals surface area contributed by atoms with Crippen molar-refractivity contribution >= 4 is 56.4 Å². The summed E-state index contributed by atoms with van der Waals surface area (Å²) in [6.07, 6.45) is 2.84. The normalized spacial score (nSPS) is 16.7. The molecule has 2 aromatic heterocycles. The average molecular weight is 465 g/mol. The van der Waals surface area contributed by atoms with E-state index in [4.69, 9.17) is 10.5 Å². The first kappa shape index (κ1) is 21.4. The number of ether oxygens (including phenoxy) is 1. The van der Waals surface area contributed by atoms with Gasteiger partial charge in [-0.15, -0.1) is 11.3 Å². The van der Waals surface area contributed by atoms with Crippen LogP contribution in [0.2, 0.25) is 0 Å². The number of thiophene rings is 1. The van der Waals surface area contributed by atoms with Crippen LogP contribution in [0.5, 0.6) is 0 Å². The van der Waals surface area contributed by atoms with E-state index in [1.54, 1.807) is 18.2 Å². The molecule has 1 aliphatic heterocycles. The number of nitrogens with zero attached hydrogens (tertiary/aromatic N) is 2. The molecule has 1 aromatic carbocycles. The van der Waals surface area contributed by atoms with Crippen molar-refractivity contribution in [1.29, 1.82) is 0 Å². The molecule has 0 unspecified atom stereocenters. The van der Waals surface area contributed by atoms with Gasteiger partial charge in [-0.25, -0.2) is 9.78 Å². The molecule has 0 saturated heterocycles. The highest BCUT2D eigenvalue weighted by atomic mass is 32.1. The summed E-state index contributed by atoms with van der Waals surface area (Å²) < 4.78 is 5.42. The SMILES string of the molecule is Cc1cc(C)c2c(N)c(C(=O)OCC(=O)N3c4ccccc4NC(=O)C34CCCC4)sc2n1. The summed E-state index contributed by atoms with van der Waals surface area (Å²) in [6, 6.07) is 9.09. The number of aryl methyl sites for hydroxylation is 2. The van der Waals surface area contributed by atoms with E-state index < -0.39 is 24.0 Å². The van der Waals surface area contributed by atoms with Crippen LogP contribution in [-0.4, -0.2) is 34.9 Å². The Hall–Kier alpha value is -3.46. The van der Waals surface area contributed by atoms with Gasteiger partial charge in [-0.1, -0.05) is 25.0 Å². The molecule has 170 valence electrons. The molecule has 33 heavy (non-hydrogen) atoms. The van der Waals surface area contributed by atoms with E-state index >= 15 is 0 Å². The van der Waals surface area contributed by atoms with Crippen molar-refractivity contribution in [3.8, 4) is 0 Å². The fourth-order valence-electron chi connectivity index (χ4n) is 5.01. The predicted molar refractivity (Wildman–Crippen MR) is 128 cm³/mol. The summed E-state index contributed by atoms with van der Waals surface area (Å²) in [6.45, 7) is 3.31. The second kappa shape index (κ2) is 7.84. The summed E-state index contributed by atoms with van der Waals surface area (Å²) in [4.78, 5) is 46.2. The number of carbonyl (C=O) groups is 3. The van der Waals surface area contributed by atoms with E-state index in [0.717, 1.165) is 40.8 Å². The molecule has 8 nitrogen and oxygen atoms in total. The topological polar surface area (TPSA) is 115 Å². The van der Waals surface area contributed by atoms with E-state index in [1.165, 1.54) is 4.90 Å². The molecular formula is C24H24N4O4S. The summed E-state index contributed by atoms with van der Waals surface area (Å²) >= 11 is 1.16. The number of aromatic nitrogens is 1. The third-order valence-corrected chi connectivity index (χ3v) is 7.54. The first-order valence-electron chi connectivity index (χ1n) is 10.9. The van der Waals surface area contributed by atoms with Crippen LogP contribution >= 0.6 is 11.3 Å². The van der Waals surface area contributed by atoms with Gasteiger partial charge in [-0.05, 0) is 50.5 Å². The molecule has 3 N–H and O–H groups in total. The van der Waals surface area contributed by atoms with Crippen LogP contribution < -0.4 is 16.0 Å². The van der Waals surface area contributed by atoms with Crippen LogP contribution in [0.25, 0.3) is 10.2 Å². The minimum atomic E-state index is -0.951. The Balaban J connectivity index is 1.42. The minimum Gasteiger partial charge on any atom is -0.451 e. The Morgan fingerprint density at radius 2 is 1.97 bits per heavy atom. The number of nitrogen functional groups attached to an aromatic ring is 1. The molecule has 1 aliphatic carbocycles. The highest BCUT2D eigenvalue weighted by molar-refractivity contribution is 7.21. The number of amides is 2. The molecule has 5 rings (SSSR count). The number of carbonyl (C=O) groups excluding carboxylic acids is 3. The number of benzene rings is 1. The number of anilines is 3. The number of nitrogens with one attached hydrogen (secondary N) is 1. The van der Waals surface area contributed by atoms with Crippen LogP contribution in [0.1, 0.15) is 46.6 Å². The first-order chi connectivity index (χ1) is 15.8. The zero-order valence-electron chi connectivity index (χ0n) is 18.4. The zero-order chi connectivity index (χ0) is 23.3. The Morgan fingerprint density at radius 1 is 1.24 bits per heavy atom. The second-order valence-corrected chi connectivity index (χ2v) is 9.62. The zero-order valence-corrected chi connectivity index (χ0v) is 19.3. The highest BCUT2D eigenvalue weighted by Gasteiger charge is 2.52. The van der Waals surface area contributed by atoms with Crippen molar-refractivity contribution < 1.29 is 19.1 Å². The number of hydrogen-bond acceptors (Lipinski definition) is 7. The molecule has 0 atom stereocenters. The number of fused-ring (bicyclic) bond motifs is 2. The van der Waals surface area contributed by atoms with Crippen molar-refractivity contribution in [3.05, 3.63) is 46.5 Å². The molecule has 0 radical (unpaired) electrons. The van der Waals surface area contributed by atoms with Gasteiger partial charge >= 0.3 is 5.97 Å². The van der Waals surface area contributed by atoms with Crippen LogP contribution in [0.15, 0.2) is 30.3 Å². The summed E-state index contributed by atoms with van der Waals surface area (Å²) in [5.74, 6) is -1.29. The van der Waals surface area contributed by atoms with E-state index in [2.05, 4.69) is 10.3 Å². The Kier molecular flexibility index (Phi) is 5.08. The predicted octanol–water partition coefficient (Wildman–Crippen LogP) is 3.95. The molecule has 1 spiro atoms. The standard InChI is InChI=1S/C24H24N4O4S/c1-13-11-14(2)26-21-18(13)19(25)20(33-21)22(30)32-12-17(29)28-16-8-4-3-7-15(16)27-23(31)24(28)9-5-6-10-24/h3-4,7-8,11H,5-6,9-10,12,25H2,1-2H3,(H,27,31). The molecule has 2 amide bonds. The lowest BCUT2D eigenvalue weighted by Gasteiger charge is -2.44. The lowest BCUT2D eigenvalue weighted by atomic mass is 9.90. The molecule has 9 heteroatoms. The molecule has 3 heterocycles. The third kappa shape index (κ3) is 3.34. The van der Waals surface area contributed by atoms with Crippen LogP contribution in [0.4, 0.5) is 17.1 Å². The van der Waals surface area contributed by atoms with Crippen molar-refractivity contribution in [2.24, 2.45) is 0 Å². The maximum Gasteiger partial charge on any atom is 0.351 e. The van der Waals surface area contributed by atoms with Crippen molar-refractivity contribution in [2.45, 2.75) is 45.1 Å². The van der Waals surface area contributed by atoms with Gasteiger partial charge in [0.2, 0.25) is 0 Å². The van der Waals surface area contributed by atoms with Gasteiger partial charge in [0.1, 0.15) is 15.2 Å². The number of rotatable bonds is 3. The molecule has 3 aromatic rings. The quantitative estimate of drug-likeness (QED) is 0.567. The largest absolute Gasteiger partial charge is 0.451 e. The number of hydrogen-bond donors (Lipinski definition) is 2. The maximum absolute atomic E-state index is 13.4. The smallest absolute Gasteiger partial charge is 0.351 e. The van der Waals surface area contributed by atoms with E-state index in [0.29, 0.717) is 34.7 Å². The maximum atomic E-state index is 13.4. The number of esters is 1. The summed E-state index contributed by atoms with van der Waals surface area (Å²) in [7, 11) is 0. The van der Waals surface area contributed by atoms with Gasteiger partial charge in [-0.3, -0.25) is 14.5 Å². The van der Waals surface area contributed by atoms with Gasteiger partial charge in [0.25, 0.3) is 11.8 Å². The van der Waals surface area contributed by atoms with E-state index in [9.17, 15) is 14.4 Å². The minimum absolute atomic E-state index is 0.191. The van der Waals surface area contributed by atoms with E-state index in [1.807, 2.05) is 26.0 Å². The van der Waals surface area contributed by atoms with Crippen LogP contribution in [-0.2, 0) is 14.3 Å². The highest BCUT2D eigenvalue weighted by Crippen LogP contribution is 2.45. The van der Waals surface area contributed by atoms with Crippen LogP contribution in [0, 0.1) is 13.8 Å². The molecule has 1 saturated carbocycles. The summed E-state index contributed by atoms with van der Waals surface area (Å²) in [5, 5.41) is 3.67. The molecular weight excluding hydrogens is 440 g/mol. The number of para-hydroxylation sites is 2. The molecule has 2 aliphatic rings. The van der Waals surface area contributed by atoms with Gasteiger partial charge < -0.3 is 15.8 Å². The third-order valence-electron chi connectivity index (χ3n) is 6.46. The van der Waals surface area contributed by atoms with Crippen LogP contribution in [0.3, 0.4) is 0 Å². The Morgan fingerprint density at radius 3 is 2.73 bits per heavy atom. The van der Waals surface area contributed by atoms with Crippen molar-refractivity contribution in [2.75, 3.05) is 22.6 Å². The molecule has 1 fully saturated rings.